The summed E-state index contributed by atoms with van der Waals surface area (Å²) in [6.07, 6.45) is 0. The molecule has 0 aliphatic carbocycles. The smallest absolute Gasteiger partial charge is 0.127 e. The van der Waals surface area contributed by atoms with Crippen LogP contribution in [0.4, 0.5) is 0 Å². The highest BCUT2D eigenvalue weighted by Crippen LogP contribution is 1.58. The van der Waals surface area contributed by atoms with E-state index in [4.69, 9.17) is 0 Å². The molecule has 0 saturated heterocycles. The molecule has 28 valence electrons. The van der Waals surface area contributed by atoms with Crippen molar-refractivity contribution >= 4 is 13.4 Å². The van der Waals surface area contributed by atoms with Crippen molar-refractivity contribution in [3.63, 3.8) is 0 Å². The van der Waals surface area contributed by atoms with Crippen LogP contribution in [0.25, 0.3) is 0 Å². The first-order chi connectivity index (χ1) is 2.41. The number of nitrogens with zero attached hydrogens (tertiary/aromatic N) is 2. The van der Waals surface area contributed by atoms with Gasteiger partial charge in [-0.15, -0.1) is 0 Å². The Labute approximate surface area is 31.3 Å². The second kappa shape index (κ2) is 3.34. The first-order valence-electron chi connectivity index (χ1n) is 1.26. The highest BCUT2D eigenvalue weighted by Gasteiger charge is 1.51. The standard InChI is InChI=1S/C3H6N2/c1-4-3-5-2/h1-3H2. The zero-order valence-corrected chi connectivity index (χ0v) is 3.02. The lowest BCUT2D eigenvalue weighted by Crippen LogP contribution is -1.61. The molecule has 0 radical (unpaired) electrons. The van der Waals surface area contributed by atoms with Crippen molar-refractivity contribution < 1.29 is 0 Å². The SMILES string of the molecule is C=NCN=C. The van der Waals surface area contributed by atoms with Gasteiger partial charge in [0.05, 0.1) is 0 Å². The van der Waals surface area contributed by atoms with Gasteiger partial charge in [0.15, 0.2) is 0 Å². The zero-order chi connectivity index (χ0) is 4.12. The molecule has 0 rings (SSSR count). The van der Waals surface area contributed by atoms with Crippen LogP contribution in [-0.4, -0.2) is 20.1 Å². The average molecular weight is 70.1 g/mol. The molecule has 0 N–H and O–H groups in total. The van der Waals surface area contributed by atoms with Gasteiger partial charge >= 0.3 is 0 Å². The van der Waals surface area contributed by atoms with Gasteiger partial charge in [0.25, 0.3) is 0 Å². The van der Waals surface area contributed by atoms with Gasteiger partial charge in [0, 0.05) is 0 Å². The van der Waals surface area contributed by atoms with Gasteiger partial charge in [-0.3, -0.25) is 9.98 Å². The van der Waals surface area contributed by atoms with E-state index in [0.29, 0.717) is 6.67 Å². The van der Waals surface area contributed by atoms with E-state index in [1.165, 1.54) is 0 Å². The minimum absolute atomic E-state index is 0.417. The Kier molecular flexibility index (Phi) is 2.90. The van der Waals surface area contributed by atoms with Gasteiger partial charge in [-0.2, -0.15) is 0 Å². The second-order valence-electron chi connectivity index (χ2n) is 0.589. The first kappa shape index (κ1) is 4.34. The van der Waals surface area contributed by atoms with Crippen molar-refractivity contribution in [2.75, 3.05) is 6.67 Å². The van der Waals surface area contributed by atoms with Crippen LogP contribution in [0.15, 0.2) is 9.98 Å². The summed E-state index contributed by atoms with van der Waals surface area (Å²) in [5, 5.41) is 0. The Balaban J connectivity index is 2.65. The summed E-state index contributed by atoms with van der Waals surface area (Å²) in [4.78, 5) is 6.75. The number of hydrogen-bond acceptors (Lipinski definition) is 2. The Bertz CT molecular complexity index is 34.2. The summed E-state index contributed by atoms with van der Waals surface area (Å²) in [6, 6.07) is 0. The Morgan fingerprint density at radius 2 is 1.60 bits per heavy atom. The van der Waals surface area contributed by atoms with Crippen LogP contribution in [0.3, 0.4) is 0 Å². The number of hydrogen-bond donors (Lipinski definition) is 0. The minimum atomic E-state index is 0.417. The van der Waals surface area contributed by atoms with Crippen LogP contribution in [-0.2, 0) is 0 Å². The summed E-state index contributed by atoms with van der Waals surface area (Å²) < 4.78 is 0. The van der Waals surface area contributed by atoms with Gasteiger partial charge in [0.1, 0.15) is 6.67 Å². The molecule has 0 unspecified atom stereocenters. The molecule has 0 aliphatic heterocycles. The topological polar surface area (TPSA) is 24.7 Å². The van der Waals surface area contributed by atoms with Crippen LogP contribution >= 0.6 is 0 Å². The molecule has 0 heterocycles. The van der Waals surface area contributed by atoms with Crippen molar-refractivity contribution in [3.05, 3.63) is 0 Å². The Morgan fingerprint density at radius 3 is 1.60 bits per heavy atom. The molecular formula is C3H6N2. The van der Waals surface area contributed by atoms with Gasteiger partial charge < -0.3 is 0 Å². The number of aliphatic imine (C=N–C) groups is 2. The highest BCUT2D eigenvalue weighted by molar-refractivity contribution is 5.26. The lowest BCUT2D eigenvalue weighted by Gasteiger charge is -1.68. The largest absolute Gasteiger partial charge is 0.278 e. The van der Waals surface area contributed by atoms with Crippen molar-refractivity contribution in [2.24, 2.45) is 9.98 Å². The van der Waals surface area contributed by atoms with E-state index in [9.17, 15) is 0 Å². The van der Waals surface area contributed by atoms with Gasteiger partial charge in [0.2, 0.25) is 0 Å². The Morgan fingerprint density at radius 1 is 1.20 bits per heavy atom. The molecule has 0 aromatic heterocycles. The van der Waals surface area contributed by atoms with Crippen molar-refractivity contribution in [3.8, 4) is 0 Å². The molecule has 0 bridgehead atoms. The van der Waals surface area contributed by atoms with E-state index in [-0.39, 0.29) is 0 Å². The lowest BCUT2D eigenvalue weighted by atomic mass is 11.1. The monoisotopic (exact) mass is 70.1 g/mol. The first-order valence-corrected chi connectivity index (χ1v) is 1.26. The maximum absolute atomic E-state index is 3.38. The van der Waals surface area contributed by atoms with Gasteiger partial charge in [-0.05, 0) is 13.4 Å². The molecule has 0 aromatic rings. The number of rotatable bonds is 2. The van der Waals surface area contributed by atoms with Crippen LogP contribution in [0.1, 0.15) is 0 Å². The molecule has 5 heavy (non-hydrogen) atoms. The third-order valence-electron chi connectivity index (χ3n) is 0.200. The maximum Gasteiger partial charge on any atom is 0.127 e. The minimum Gasteiger partial charge on any atom is -0.278 e. The van der Waals surface area contributed by atoms with E-state index >= 15 is 0 Å². The van der Waals surface area contributed by atoms with E-state index < -0.39 is 0 Å². The predicted octanol–water partition coefficient (Wildman–Crippen LogP) is 0.345. The summed E-state index contributed by atoms with van der Waals surface area (Å²) >= 11 is 0. The van der Waals surface area contributed by atoms with Crippen LogP contribution in [0, 0.1) is 0 Å². The van der Waals surface area contributed by atoms with E-state index in [0.717, 1.165) is 0 Å². The summed E-state index contributed by atoms with van der Waals surface area (Å²) in [6.45, 7) is 6.75. The van der Waals surface area contributed by atoms with E-state index in [2.05, 4.69) is 23.4 Å². The second-order valence-corrected chi connectivity index (χ2v) is 0.589. The molecular weight excluding hydrogens is 64.0 g/mol. The quantitative estimate of drug-likeness (QED) is 0.419. The zero-order valence-electron chi connectivity index (χ0n) is 3.02. The third-order valence-corrected chi connectivity index (χ3v) is 0.200. The van der Waals surface area contributed by atoms with Crippen molar-refractivity contribution in [1.29, 1.82) is 0 Å². The summed E-state index contributed by atoms with van der Waals surface area (Å²) in [5.74, 6) is 0. The average Bonchev–Trinajstić information content (AvgIpc) is 1.41. The third kappa shape index (κ3) is 3.34. The fourth-order valence-electron chi connectivity index (χ4n) is 0.0707. The lowest BCUT2D eigenvalue weighted by molar-refractivity contribution is 1.10. The van der Waals surface area contributed by atoms with E-state index in [1.54, 1.807) is 0 Å². The Hall–Kier alpha value is -0.660. The molecule has 0 fully saturated rings. The van der Waals surface area contributed by atoms with Crippen LogP contribution < -0.4 is 0 Å². The molecule has 2 nitrogen and oxygen atoms in total. The normalized spacial score (nSPS) is 6.40. The molecule has 0 atom stereocenters. The molecule has 0 aliphatic rings. The fourth-order valence-corrected chi connectivity index (χ4v) is 0.0707. The molecule has 2 heteroatoms. The van der Waals surface area contributed by atoms with Crippen molar-refractivity contribution in [2.45, 2.75) is 0 Å². The van der Waals surface area contributed by atoms with Crippen LogP contribution in [0.5, 0.6) is 0 Å². The summed E-state index contributed by atoms with van der Waals surface area (Å²) in [7, 11) is 0. The molecule has 0 spiro atoms. The van der Waals surface area contributed by atoms with Crippen molar-refractivity contribution in [1.82, 2.24) is 0 Å². The fraction of sp³-hybridized carbons (Fsp3) is 0.333. The van der Waals surface area contributed by atoms with Gasteiger partial charge in [-0.25, -0.2) is 0 Å². The maximum atomic E-state index is 3.38. The molecule has 0 amide bonds. The highest BCUT2D eigenvalue weighted by atomic mass is 14.9. The van der Waals surface area contributed by atoms with E-state index in [1.807, 2.05) is 0 Å². The van der Waals surface area contributed by atoms with Gasteiger partial charge in [-0.1, -0.05) is 0 Å². The van der Waals surface area contributed by atoms with Crippen LogP contribution in [0.2, 0.25) is 0 Å². The molecule has 0 aromatic carbocycles. The molecule has 0 saturated carbocycles. The predicted molar refractivity (Wildman–Crippen MR) is 24.0 cm³/mol. The summed E-state index contributed by atoms with van der Waals surface area (Å²) in [5.41, 5.74) is 0.